The van der Waals surface area contributed by atoms with Crippen molar-refractivity contribution < 1.29 is 14.7 Å². The van der Waals surface area contributed by atoms with Gasteiger partial charge in [-0.15, -0.1) is 0 Å². The maximum atomic E-state index is 12.5. The average molecular weight is 378 g/mol. The van der Waals surface area contributed by atoms with E-state index < -0.39 is 0 Å². The Balaban J connectivity index is 1.59. The van der Waals surface area contributed by atoms with Gasteiger partial charge in [0.2, 0.25) is 11.8 Å². The third kappa shape index (κ3) is 4.72. The van der Waals surface area contributed by atoms with Gasteiger partial charge < -0.3 is 21.1 Å². The minimum Gasteiger partial charge on any atom is -0.396 e. The molecule has 0 aromatic rings. The molecule has 2 amide bonds. The van der Waals surface area contributed by atoms with Crippen molar-refractivity contribution in [3.8, 4) is 0 Å². The molecule has 2 heterocycles. The molecule has 2 aliphatic heterocycles. The predicted octanol–water partition coefficient (Wildman–Crippen LogP) is 1.49. The third-order valence-corrected chi connectivity index (χ3v) is 6.91. The number of fused-ring (bicyclic) bond motifs is 1. The van der Waals surface area contributed by atoms with Crippen LogP contribution < -0.4 is 16.0 Å². The summed E-state index contributed by atoms with van der Waals surface area (Å²) in [6.45, 7) is 5.67. The number of rotatable bonds is 6. The Bertz CT molecular complexity index is 583. The van der Waals surface area contributed by atoms with E-state index in [0.29, 0.717) is 24.1 Å². The summed E-state index contributed by atoms with van der Waals surface area (Å²) in [4.78, 5) is 25.1. The molecule has 0 bridgehead atoms. The first-order valence-corrected chi connectivity index (χ1v) is 10.6. The molecule has 4 N–H and O–H groups in total. The Morgan fingerprint density at radius 1 is 1.26 bits per heavy atom. The fourth-order valence-corrected chi connectivity index (χ4v) is 5.27. The van der Waals surface area contributed by atoms with Gasteiger partial charge in [0.25, 0.3) is 0 Å². The van der Waals surface area contributed by atoms with Crippen LogP contribution in [0.1, 0.15) is 58.8 Å². The fourth-order valence-electron chi connectivity index (χ4n) is 5.27. The lowest BCUT2D eigenvalue weighted by atomic mass is 9.76. The molecular weight excluding hydrogens is 342 g/mol. The summed E-state index contributed by atoms with van der Waals surface area (Å²) in [5.41, 5.74) is 1.66. The van der Waals surface area contributed by atoms with Gasteiger partial charge in [0.1, 0.15) is 0 Å². The molecule has 152 valence electrons. The standard InChI is InChI=1S/C21H35N3O3/c1-13-17(21(27)24-18-8-9-22-14(2)20(13)18)10-19(26)23-11-16(12-25)15-6-4-3-5-7-15/h14-16,18,20,22,25H,3-12H2,1-2H3,(H,23,26)(H,24,27)/t14?,16-,18?,20?/m0/s1. The van der Waals surface area contributed by atoms with E-state index in [9.17, 15) is 14.7 Å². The van der Waals surface area contributed by atoms with Crippen LogP contribution in [-0.4, -0.2) is 48.7 Å². The molecule has 1 saturated carbocycles. The molecule has 1 aliphatic carbocycles. The summed E-state index contributed by atoms with van der Waals surface area (Å²) < 4.78 is 0. The summed E-state index contributed by atoms with van der Waals surface area (Å²) in [7, 11) is 0. The van der Waals surface area contributed by atoms with E-state index in [1.54, 1.807) is 0 Å². The van der Waals surface area contributed by atoms with E-state index in [1.807, 2.05) is 6.92 Å². The van der Waals surface area contributed by atoms with Gasteiger partial charge in [-0.25, -0.2) is 0 Å². The number of carbonyl (C=O) groups is 2. The Labute approximate surface area is 162 Å². The molecule has 6 heteroatoms. The second-order valence-corrected chi connectivity index (χ2v) is 8.62. The van der Waals surface area contributed by atoms with Crippen molar-refractivity contribution in [2.45, 2.75) is 70.9 Å². The molecule has 2 fully saturated rings. The quantitative estimate of drug-likeness (QED) is 0.565. The predicted molar refractivity (Wildman–Crippen MR) is 105 cm³/mol. The van der Waals surface area contributed by atoms with Gasteiger partial charge >= 0.3 is 0 Å². The summed E-state index contributed by atoms with van der Waals surface area (Å²) in [6, 6.07) is 0.470. The molecule has 3 aliphatic rings. The first-order valence-electron chi connectivity index (χ1n) is 10.6. The van der Waals surface area contributed by atoms with Crippen LogP contribution in [0.4, 0.5) is 0 Å². The van der Waals surface area contributed by atoms with E-state index in [1.165, 1.54) is 19.3 Å². The number of hydrogen-bond acceptors (Lipinski definition) is 4. The molecule has 0 aromatic carbocycles. The maximum absolute atomic E-state index is 12.5. The van der Waals surface area contributed by atoms with Gasteiger partial charge in [-0.1, -0.05) is 37.7 Å². The number of aliphatic hydroxyl groups excluding tert-OH is 1. The van der Waals surface area contributed by atoms with Gasteiger partial charge in [0.15, 0.2) is 0 Å². The number of hydrogen-bond donors (Lipinski definition) is 4. The van der Waals surface area contributed by atoms with Crippen molar-refractivity contribution in [2.75, 3.05) is 19.7 Å². The van der Waals surface area contributed by atoms with Gasteiger partial charge in [-0.2, -0.15) is 0 Å². The molecule has 1 saturated heterocycles. The molecule has 6 nitrogen and oxygen atoms in total. The van der Waals surface area contributed by atoms with Gasteiger partial charge in [0, 0.05) is 42.6 Å². The summed E-state index contributed by atoms with van der Waals surface area (Å²) in [6.07, 6.45) is 7.04. The lowest BCUT2D eigenvalue weighted by Gasteiger charge is -2.42. The monoisotopic (exact) mass is 377 g/mol. The lowest BCUT2D eigenvalue weighted by molar-refractivity contribution is -0.124. The minimum atomic E-state index is -0.122. The molecule has 4 atom stereocenters. The topological polar surface area (TPSA) is 90.5 Å². The highest BCUT2D eigenvalue weighted by Crippen LogP contribution is 2.32. The summed E-state index contributed by atoms with van der Waals surface area (Å²) in [5.74, 6) is 0.661. The van der Waals surface area contributed by atoms with Crippen LogP contribution >= 0.6 is 0 Å². The largest absolute Gasteiger partial charge is 0.396 e. The Morgan fingerprint density at radius 3 is 2.70 bits per heavy atom. The number of carbonyl (C=O) groups excluding carboxylic acids is 2. The molecule has 3 unspecified atom stereocenters. The summed E-state index contributed by atoms with van der Waals surface area (Å²) in [5, 5.41) is 19.3. The van der Waals surface area contributed by atoms with Crippen LogP contribution in [0.25, 0.3) is 0 Å². The van der Waals surface area contributed by atoms with Crippen LogP contribution in [0.5, 0.6) is 0 Å². The van der Waals surface area contributed by atoms with Crippen LogP contribution in [0.15, 0.2) is 11.1 Å². The number of amides is 2. The highest BCUT2D eigenvalue weighted by atomic mass is 16.3. The first kappa shape index (κ1) is 20.3. The van der Waals surface area contributed by atoms with Crippen molar-refractivity contribution in [1.82, 2.24) is 16.0 Å². The molecule has 27 heavy (non-hydrogen) atoms. The Hall–Kier alpha value is -1.40. The number of aliphatic hydroxyl groups is 1. The van der Waals surface area contributed by atoms with Gasteiger partial charge in [-0.05, 0) is 32.7 Å². The van der Waals surface area contributed by atoms with Crippen LogP contribution in [0, 0.1) is 17.8 Å². The zero-order valence-electron chi connectivity index (χ0n) is 16.7. The van der Waals surface area contributed by atoms with E-state index in [4.69, 9.17) is 0 Å². The van der Waals surface area contributed by atoms with Crippen molar-refractivity contribution in [3.05, 3.63) is 11.1 Å². The molecule has 0 spiro atoms. The Morgan fingerprint density at radius 2 is 2.00 bits per heavy atom. The Kier molecular flexibility index (Phi) is 6.93. The van der Waals surface area contributed by atoms with Crippen LogP contribution in [0.3, 0.4) is 0 Å². The normalized spacial score (nSPS) is 30.5. The van der Waals surface area contributed by atoms with E-state index in [0.717, 1.165) is 31.4 Å². The van der Waals surface area contributed by atoms with E-state index in [2.05, 4.69) is 22.9 Å². The minimum absolute atomic E-state index is 0.0935. The average Bonchev–Trinajstić information content (AvgIpc) is 2.66. The van der Waals surface area contributed by atoms with Crippen molar-refractivity contribution >= 4 is 11.8 Å². The second-order valence-electron chi connectivity index (χ2n) is 8.62. The highest BCUT2D eigenvalue weighted by Gasteiger charge is 2.39. The molecular formula is C21H35N3O3. The number of nitrogens with one attached hydrogen (secondary N) is 3. The lowest BCUT2D eigenvalue weighted by Crippen LogP contribution is -2.57. The van der Waals surface area contributed by atoms with E-state index >= 15 is 0 Å². The third-order valence-electron chi connectivity index (χ3n) is 6.91. The van der Waals surface area contributed by atoms with Gasteiger partial charge in [0.05, 0.1) is 6.42 Å². The highest BCUT2D eigenvalue weighted by molar-refractivity contribution is 6.00. The zero-order chi connectivity index (χ0) is 19.4. The first-order chi connectivity index (χ1) is 13.0. The maximum Gasteiger partial charge on any atom is 0.247 e. The van der Waals surface area contributed by atoms with Crippen LogP contribution in [-0.2, 0) is 9.59 Å². The molecule has 0 radical (unpaired) electrons. The van der Waals surface area contributed by atoms with Crippen LogP contribution in [0.2, 0.25) is 0 Å². The number of piperidine rings is 1. The molecule has 0 aromatic heterocycles. The second kappa shape index (κ2) is 9.20. The summed E-state index contributed by atoms with van der Waals surface area (Å²) >= 11 is 0. The molecule has 3 rings (SSSR count). The fraction of sp³-hybridized carbons (Fsp3) is 0.810. The van der Waals surface area contributed by atoms with Gasteiger partial charge in [-0.3, -0.25) is 9.59 Å². The smallest absolute Gasteiger partial charge is 0.247 e. The zero-order valence-corrected chi connectivity index (χ0v) is 16.7. The SMILES string of the molecule is CC1=C(CC(=O)NC[C@@H](CO)C2CCCCC2)C(=O)NC2CCNC(C)C12. The van der Waals surface area contributed by atoms with E-state index in [-0.39, 0.29) is 42.7 Å². The van der Waals surface area contributed by atoms with Crippen molar-refractivity contribution in [2.24, 2.45) is 17.8 Å². The van der Waals surface area contributed by atoms with Crippen molar-refractivity contribution in [3.63, 3.8) is 0 Å². The van der Waals surface area contributed by atoms with Crippen molar-refractivity contribution in [1.29, 1.82) is 0 Å².